The topological polar surface area (TPSA) is 166 Å². The van der Waals surface area contributed by atoms with Crippen molar-refractivity contribution in [3.8, 4) is 0 Å². The van der Waals surface area contributed by atoms with Crippen LogP contribution in [-0.4, -0.2) is 77.6 Å². The van der Waals surface area contributed by atoms with Crippen LogP contribution in [0.4, 0.5) is 9.59 Å². The Morgan fingerprint density at radius 3 is 2.21 bits per heavy atom. The minimum absolute atomic E-state index is 0.0279. The molecule has 2 heterocycles. The van der Waals surface area contributed by atoms with Crippen LogP contribution in [-0.2, 0) is 4.79 Å². The zero-order valence-electron chi connectivity index (χ0n) is 21.3. The molecule has 0 aromatic rings. The fourth-order valence-corrected chi connectivity index (χ4v) is 4.84. The lowest BCUT2D eigenvalue weighted by atomic mass is 10.0. The van der Waals surface area contributed by atoms with Gasteiger partial charge in [0.2, 0.25) is 5.91 Å². The van der Waals surface area contributed by atoms with Gasteiger partial charge in [0.15, 0.2) is 0 Å². The Bertz CT molecular complexity index is 580. The first-order chi connectivity index (χ1) is 16.1. The van der Waals surface area contributed by atoms with Gasteiger partial charge in [0.25, 0.3) is 0 Å². The fourth-order valence-electron chi connectivity index (χ4n) is 3.30. The predicted octanol–water partition coefficient (Wildman–Crippen LogP) is 1.55. The highest BCUT2D eigenvalue weighted by Crippen LogP contribution is 2.33. The molecule has 1 unspecified atom stereocenters. The number of thioether (sulfide) groups is 1. The number of urea groups is 2. The van der Waals surface area contributed by atoms with Gasteiger partial charge >= 0.3 is 12.1 Å². The number of primary amides is 1. The average Bonchev–Trinajstić information content (AvgIpc) is 3.29. The van der Waals surface area contributed by atoms with E-state index in [9.17, 15) is 14.4 Å². The van der Waals surface area contributed by atoms with Crippen molar-refractivity contribution >= 4 is 29.7 Å². The van der Waals surface area contributed by atoms with Gasteiger partial charge in [0.1, 0.15) is 0 Å². The Balaban J connectivity index is 0.000000691. The molecule has 2 saturated heterocycles. The summed E-state index contributed by atoms with van der Waals surface area (Å²) in [6, 6.07) is -0.0527. The molecule has 11 heteroatoms. The van der Waals surface area contributed by atoms with Gasteiger partial charge in [-0.15, -0.1) is 0 Å². The van der Waals surface area contributed by atoms with Crippen molar-refractivity contribution in [2.75, 3.05) is 32.1 Å². The molecule has 10 nitrogen and oxygen atoms in total. The number of hydrogen-bond acceptors (Lipinski definition) is 6. The predicted molar refractivity (Wildman–Crippen MR) is 138 cm³/mol. The monoisotopic (exact) mass is 505 g/mol. The summed E-state index contributed by atoms with van der Waals surface area (Å²) in [5, 5.41) is 27.9. The quantitative estimate of drug-likeness (QED) is 0.157. The summed E-state index contributed by atoms with van der Waals surface area (Å²) < 4.78 is 0. The Morgan fingerprint density at radius 1 is 1.03 bits per heavy atom. The van der Waals surface area contributed by atoms with E-state index >= 15 is 0 Å². The third-order valence-corrected chi connectivity index (χ3v) is 6.75. The highest BCUT2D eigenvalue weighted by atomic mass is 32.2. The Kier molecular flexibility index (Phi) is 18.6. The van der Waals surface area contributed by atoms with Gasteiger partial charge in [-0.25, -0.2) is 9.59 Å². The summed E-state index contributed by atoms with van der Waals surface area (Å²) in [5.74, 6) is 2.45. The Morgan fingerprint density at radius 2 is 1.71 bits per heavy atom. The second-order valence-corrected chi connectivity index (χ2v) is 10.6. The van der Waals surface area contributed by atoms with Gasteiger partial charge in [-0.2, -0.15) is 11.8 Å². The number of aliphatic hydroxyl groups excluding tert-OH is 2. The smallest absolute Gasteiger partial charge is 0.315 e. The lowest BCUT2D eigenvalue weighted by molar-refractivity contribution is -0.121. The minimum atomic E-state index is -0.603. The molecule has 0 saturated carbocycles. The second kappa shape index (κ2) is 19.6. The van der Waals surface area contributed by atoms with Gasteiger partial charge in [-0.05, 0) is 37.5 Å². The largest absolute Gasteiger partial charge is 0.396 e. The van der Waals surface area contributed by atoms with Crippen LogP contribution in [0.15, 0.2) is 0 Å². The lowest BCUT2D eigenvalue weighted by Gasteiger charge is -2.16. The molecule has 2 aliphatic heterocycles. The molecular weight excluding hydrogens is 458 g/mol. The third-order valence-electron chi connectivity index (χ3n) is 5.24. The number of hydrogen-bond donors (Lipinski definition) is 7. The Labute approximate surface area is 209 Å². The number of rotatable bonds is 12. The van der Waals surface area contributed by atoms with Crippen LogP contribution in [0.5, 0.6) is 0 Å². The van der Waals surface area contributed by atoms with Gasteiger partial charge in [-0.1, -0.05) is 34.1 Å². The molecule has 200 valence electrons. The van der Waals surface area contributed by atoms with Crippen molar-refractivity contribution < 1.29 is 24.6 Å². The van der Waals surface area contributed by atoms with Crippen LogP contribution in [0.2, 0.25) is 0 Å². The molecule has 2 rings (SSSR count). The van der Waals surface area contributed by atoms with Crippen molar-refractivity contribution in [1.82, 2.24) is 21.3 Å². The van der Waals surface area contributed by atoms with Gasteiger partial charge in [0.05, 0.1) is 18.7 Å². The highest BCUT2D eigenvalue weighted by molar-refractivity contribution is 8.00. The number of amides is 5. The zero-order chi connectivity index (χ0) is 25.9. The molecule has 0 aliphatic carbocycles. The molecule has 2 aliphatic rings. The van der Waals surface area contributed by atoms with Crippen LogP contribution < -0.4 is 27.0 Å². The molecule has 0 spiro atoms. The van der Waals surface area contributed by atoms with Gasteiger partial charge < -0.3 is 37.2 Å². The van der Waals surface area contributed by atoms with E-state index in [1.165, 1.54) is 0 Å². The molecule has 34 heavy (non-hydrogen) atoms. The fraction of sp³-hybridized carbons (Fsp3) is 0.870. The molecular formula is C23H47N5O5S. The number of carbonyl (C=O) groups is 3. The average molecular weight is 506 g/mol. The highest BCUT2D eigenvalue weighted by Gasteiger charge is 2.42. The number of unbranched alkanes of at least 4 members (excludes halogenated alkanes) is 1. The first-order valence-electron chi connectivity index (χ1n) is 12.3. The summed E-state index contributed by atoms with van der Waals surface area (Å²) in [6.45, 7) is 9.80. The van der Waals surface area contributed by atoms with E-state index in [1.807, 2.05) is 11.8 Å². The SMILES string of the molecule is CC(C)CCNC(=O)CCCCC1SC[C@@H]2NC(=O)N[C@H]12.CC(C)CCO.NC(=O)NCCO. The summed E-state index contributed by atoms with van der Waals surface area (Å²) in [7, 11) is 0. The molecule has 5 amide bonds. The summed E-state index contributed by atoms with van der Waals surface area (Å²) in [6.07, 6.45) is 5.65. The van der Waals surface area contributed by atoms with Crippen molar-refractivity contribution in [3.63, 3.8) is 0 Å². The van der Waals surface area contributed by atoms with Crippen LogP contribution in [0.25, 0.3) is 0 Å². The van der Waals surface area contributed by atoms with Gasteiger partial charge in [-0.3, -0.25) is 4.79 Å². The van der Waals surface area contributed by atoms with Crippen LogP contribution in [0.1, 0.15) is 66.2 Å². The van der Waals surface area contributed by atoms with E-state index in [1.54, 1.807) is 0 Å². The molecule has 0 aromatic heterocycles. The molecule has 0 bridgehead atoms. The van der Waals surface area contributed by atoms with Crippen molar-refractivity contribution in [1.29, 1.82) is 0 Å². The van der Waals surface area contributed by atoms with E-state index in [4.69, 9.17) is 10.2 Å². The van der Waals surface area contributed by atoms with E-state index in [2.05, 4.69) is 54.7 Å². The maximum absolute atomic E-state index is 11.7. The second-order valence-electron chi connectivity index (χ2n) is 9.32. The van der Waals surface area contributed by atoms with E-state index in [-0.39, 0.29) is 31.1 Å². The molecule has 2 fully saturated rings. The number of nitrogens with two attached hydrogens (primary N) is 1. The van der Waals surface area contributed by atoms with E-state index < -0.39 is 6.03 Å². The summed E-state index contributed by atoms with van der Waals surface area (Å²) in [5.41, 5.74) is 4.62. The van der Waals surface area contributed by atoms with Crippen LogP contribution in [0.3, 0.4) is 0 Å². The maximum atomic E-state index is 11.7. The molecule has 3 atom stereocenters. The lowest BCUT2D eigenvalue weighted by Crippen LogP contribution is -2.36. The van der Waals surface area contributed by atoms with Crippen LogP contribution >= 0.6 is 11.8 Å². The Hall–Kier alpha value is -1.72. The zero-order valence-corrected chi connectivity index (χ0v) is 22.1. The molecule has 0 radical (unpaired) electrons. The van der Waals surface area contributed by atoms with E-state index in [0.29, 0.717) is 36.2 Å². The maximum Gasteiger partial charge on any atom is 0.315 e. The summed E-state index contributed by atoms with van der Waals surface area (Å²) >= 11 is 1.93. The molecule has 8 N–H and O–H groups in total. The first kappa shape index (κ1) is 32.3. The van der Waals surface area contributed by atoms with Crippen molar-refractivity contribution in [2.45, 2.75) is 83.6 Å². The number of fused-ring (bicyclic) bond motifs is 1. The van der Waals surface area contributed by atoms with Crippen molar-refractivity contribution in [3.05, 3.63) is 0 Å². The summed E-state index contributed by atoms with van der Waals surface area (Å²) in [4.78, 5) is 32.7. The minimum Gasteiger partial charge on any atom is -0.396 e. The van der Waals surface area contributed by atoms with Gasteiger partial charge in [0, 0.05) is 37.1 Å². The third kappa shape index (κ3) is 16.8. The number of aliphatic hydroxyl groups is 2. The van der Waals surface area contributed by atoms with E-state index in [0.717, 1.165) is 44.4 Å². The van der Waals surface area contributed by atoms with Crippen molar-refractivity contribution in [2.24, 2.45) is 17.6 Å². The number of carbonyl (C=O) groups excluding carboxylic acids is 3. The standard InChI is InChI=1S/C15H27N3O2S.C5H12O.C3H8N2O2/c1-10(2)7-8-16-13(19)6-4-3-5-12-14-11(9-21-12)17-15(20)18-14;1-5(2)3-4-6;4-3(7)5-1-2-6/h10-12,14H,3-9H2,1-2H3,(H,16,19)(H2,17,18,20);5-6H,3-4H2,1-2H3;6H,1-2H2,(H3,4,5,7)/t11-,12?,14-;;/m0../s1. The number of nitrogens with one attached hydrogen (secondary N) is 4. The first-order valence-corrected chi connectivity index (χ1v) is 13.4. The normalized spacial score (nSPS) is 20.4. The molecule has 0 aromatic carbocycles. The van der Waals surface area contributed by atoms with Crippen LogP contribution in [0, 0.1) is 11.8 Å².